The fourth-order valence-corrected chi connectivity index (χ4v) is 3.38. The number of rotatable bonds is 3. The third-order valence-electron chi connectivity index (χ3n) is 4.18. The fourth-order valence-electron chi connectivity index (χ4n) is 3.13. The Morgan fingerprint density at radius 2 is 1.88 bits per heavy atom. The van der Waals surface area contributed by atoms with Crippen molar-refractivity contribution in [1.29, 1.82) is 0 Å². The Labute approximate surface area is 148 Å². The zero-order valence-electron chi connectivity index (χ0n) is 13.6. The van der Waals surface area contributed by atoms with Crippen LogP contribution in [0.25, 0.3) is 11.6 Å². The van der Waals surface area contributed by atoms with E-state index in [0.29, 0.717) is 33.2 Å². The second-order valence-electron chi connectivity index (χ2n) is 5.84. The van der Waals surface area contributed by atoms with Crippen LogP contribution in [0.1, 0.15) is 28.2 Å². The Morgan fingerprint density at radius 1 is 1.16 bits per heavy atom. The van der Waals surface area contributed by atoms with Gasteiger partial charge in [0.1, 0.15) is 11.5 Å². The molecule has 0 amide bonds. The van der Waals surface area contributed by atoms with E-state index in [2.05, 4.69) is 0 Å². The van der Waals surface area contributed by atoms with Crippen molar-refractivity contribution >= 4 is 35.2 Å². The molecule has 6 heteroatoms. The van der Waals surface area contributed by atoms with Crippen LogP contribution in [0.15, 0.2) is 39.8 Å². The highest BCUT2D eigenvalue weighted by Crippen LogP contribution is 2.38. The van der Waals surface area contributed by atoms with Crippen molar-refractivity contribution in [3.05, 3.63) is 68.6 Å². The number of fused-ring (bicyclic) bond motifs is 1. The van der Waals surface area contributed by atoms with Gasteiger partial charge in [-0.05, 0) is 55.2 Å². The molecule has 0 fully saturated rings. The van der Waals surface area contributed by atoms with Gasteiger partial charge in [0.05, 0.1) is 11.1 Å². The summed E-state index contributed by atoms with van der Waals surface area (Å²) in [5, 5.41) is 19.7. The predicted molar refractivity (Wildman–Crippen MR) is 93.5 cm³/mol. The Kier molecular flexibility index (Phi) is 4.27. The van der Waals surface area contributed by atoms with Crippen LogP contribution in [0, 0.1) is 13.8 Å². The van der Waals surface area contributed by atoms with E-state index in [1.165, 1.54) is 6.08 Å². The average molecular weight is 359 g/mol. The molecule has 1 aromatic heterocycles. The summed E-state index contributed by atoms with van der Waals surface area (Å²) in [6, 6.07) is 6.94. The van der Waals surface area contributed by atoms with Gasteiger partial charge in [-0.2, -0.15) is 0 Å². The fraction of sp³-hybridized carbons (Fsp3) is 0.158. The van der Waals surface area contributed by atoms with Crippen LogP contribution in [0.2, 0.25) is 5.02 Å². The number of allylic oxidation sites excluding steroid dienone is 1. The molecule has 1 aliphatic rings. The van der Waals surface area contributed by atoms with Gasteiger partial charge in [0.2, 0.25) is 0 Å². The van der Waals surface area contributed by atoms with Gasteiger partial charge in [-0.3, -0.25) is 0 Å². The molecule has 0 unspecified atom stereocenters. The van der Waals surface area contributed by atoms with Crippen LogP contribution in [-0.4, -0.2) is 22.2 Å². The number of aryl methyl sites for hydroxylation is 2. The van der Waals surface area contributed by atoms with E-state index in [0.717, 1.165) is 5.56 Å². The highest BCUT2D eigenvalue weighted by Gasteiger charge is 2.30. The average Bonchev–Trinajstić information content (AvgIpc) is 2.76. The van der Waals surface area contributed by atoms with Crippen molar-refractivity contribution in [1.82, 2.24) is 0 Å². The quantitative estimate of drug-likeness (QED) is 0.861. The Hall–Kier alpha value is -2.79. The SMILES string of the molecule is Cc1cc(C2=C(C(=O)O)C(C(=O)O)=Cc3c(Cl)cccc3C2)c(C)o1. The summed E-state index contributed by atoms with van der Waals surface area (Å²) < 4.78 is 5.52. The monoisotopic (exact) mass is 358 g/mol. The Morgan fingerprint density at radius 3 is 2.44 bits per heavy atom. The first-order valence-electron chi connectivity index (χ1n) is 7.56. The number of benzene rings is 1. The molecule has 0 radical (unpaired) electrons. The second-order valence-corrected chi connectivity index (χ2v) is 6.25. The van der Waals surface area contributed by atoms with E-state index >= 15 is 0 Å². The van der Waals surface area contributed by atoms with E-state index in [-0.39, 0.29) is 17.6 Å². The maximum absolute atomic E-state index is 11.9. The zero-order chi connectivity index (χ0) is 18.3. The smallest absolute Gasteiger partial charge is 0.336 e. The number of carboxylic acids is 2. The van der Waals surface area contributed by atoms with Crippen LogP contribution in [0.5, 0.6) is 0 Å². The molecule has 3 rings (SSSR count). The lowest BCUT2D eigenvalue weighted by atomic mass is 9.92. The Bertz CT molecular complexity index is 962. The molecular formula is C19H15ClO5. The molecule has 0 spiro atoms. The first kappa shape index (κ1) is 17.0. The number of halogens is 1. The maximum Gasteiger partial charge on any atom is 0.336 e. The number of carboxylic acid groups (broad SMARTS) is 2. The normalized spacial score (nSPS) is 14.0. The third-order valence-corrected chi connectivity index (χ3v) is 4.51. The molecule has 2 N–H and O–H groups in total. The standard InChI is InChI=1S/C19H15ClO5/c1-9-6-12(10(2)25-9)14-7-11-4-3-5-16(20)13(11)8-15(18(21)22)17(14)19(23)24/h3-6,8H,7H2,1-2H3,(H,21,22)(H,23,24). The highest BCUT2D eigenvalue weighted by atomic mass is 35.5. The van der Waals surface area contributed by atoms with Gasteiger partial charge in [-0.1, -0.05) is 23.7 Å². The topological polar surface area (TPSA) is 87.7 Å². The lowest BCUT2D eigenvalue weighted by Gasteiger charge is -2.11. The molecule has 128 valence electrons. The summed E-state index contributed by atoms with van der Waals surface area (Å²) >= 11 is 6.22. The molecule has 1 aliphatic carbocycles. The van der Waals surface area contributed by atoms with Gasteiger partial charge in [-0.25, -0.2) is 9.59 Å². The minimum Gasteiger partial charge on any atom is -0.478 e. The van der Waals surface area contributed by atoms with E-state index < -0.39 is 11.9 Å². The van der Waals surface area contributed by atoms with Crippen LogP contribution < -0.4 is 0 Å². The summed E-state index contributed by atoms with van der Waals surface area (Å²) in [4.78, 5) is 23.7. The summed E-state index contributed by atoms with van der Waals surface area (Å²) in [7, 11) is 0. The first-order chi connectivity index (χ1) is 11.8. The molecule has 2 aromatic rings. The van der Waals surface area contributed by atoms with Crippen LogP contribution in [-0.2, 0) is 16.0 Å². The van der Waals surface area contributed by atoms with Gasteiger partial charge >= 0.3 is 11.9 Å². The van der Waals surface area contributed by atoms with Gasteiger partial charge in [0, 0.05) is 10.6 Å². The van der Waals surface area contributed by atoms with E-state index in [4.69, 9.17) is 16.0 Å². The molecule has 0 bridgehead atoms. The lowest BCUT2D eigenvalue weighted by molar-refractivity contribution is -0.136. The van der Waals surface area contributed by atoms with Crippen molar-refractivity contribution in [3.63, 3.8) is 0 Å². The predicted octanol–water partition coefficient (Wildman–Crippen LogP) is 4.11. The summed E-state index contributed by atoms with van der Waals surface area (Å²) in [5.41, 5.74) is 1.73. The minimum absolute atomic E-state index is 0.241. The number of carbonyl (C=O) groups is 2. The van der Waals surface area contributed by atoms with Crippen molar-refractivity contribution in [2.75, 3.05) is 0 Å². The summed E-state index contributed by atoms with van der Waals surface area (Å²) in [6.45, 7) is 3.48. The molecule has 5 nitrogen and oxygen atoms in total. The van der Waals surface area contributed by atoms with Crippen molar-refractivity contribution in [3.8, 4) is 0 Å². The molecular weight excluding hydrogens is 344 g/mol. The van der Waals surface area contributed by atoms with Gasteiger partial charge in [-0.15, -0.1) is 0 Å². The number of hydrogen-bond donors (Lipinski definition) is 2. The zero-order valence-corrected chi connectivity index (χ0v) is 14.3. The highest BCUT2D eigenvalue weighted by molar-refractivity contribution is 6.32. The Balaban J connectivity index is 2.38. The molecule has 0 saturated heterocycles. The van der Waals surface area contributed by atoms with Crippen molar-refractivity contribution in [2.45, 2.75) is 20.3 Å². The molecule has 25 heavy (non-hydrogen) atoms. The van der Waals surface area contributed by atoms with Crippen molar-refractivity contribution < 1.29 is 24.2 Å². The van der Waals surface area contributed by atoms with Gasteiger partial charge in [0.15, 0.2) is 0 Å². The molecule has 0 saturated carbocycles. The molecule has 0 atom stereocenters. The largest absolute Gasteiger partial charge is 0.478 e. The number of furan rings is 1. The lowest BCUT2D eigenvalue weighted by Crippen LogP contribution is -2.13. The van der Waals surface area contributed by atoms with Crippen LogP contribution in [0.4, 0.5) is 0 Å². The summed E-state index contributed by atoms with van der Waals surface area (Å²) in [6.07, 6.45) is 1.57. The molecule has 1 heterocycles. The van der Waals surface area contributed by atoms with Gasteiger partial charge in [0.25, 0.3) is 0 Å². The third kappa shape index (κ3) is 2.98. The second kappa shape index (κ2) is 6.26. The first-order valence-corrected chi connectivity index (χ1v) is 7.94. The van der Waals surface area contributed by atoms with Crippen LogP contribution >= 0.6 is 11.6 Å². The van der Waals surface area contributed by atoms with Gasteiger partial charge < -0.3 is 14.6 Å². The number of aliphatic carboxylic acids is 2. The molecule has 0 aliphatic heterocycles. The molecule has 1 aromatic carbocycles. The summed E-state index contributed by atoms with van der Waals surface area (Å²) in [5.74, 6) is -1.45. The van der Waals surface area contributed by atoms with E-state index in [1.807, 2.05) is 6.07 Å². The number of hydrogen-bond acceptors (Lipinski definition) is 3. The minimum atomic E-state index is -1.32. The van der Waals surface area contributed by atoms with Crippen LogP contribution in [0.3, 0.4) is 0 Å². The van der Waals surface area contributed by atoms with Crippen molar-refractivity contribution in [2.24, 2.45) is 0 Å². The van der Waals surface area contributed by atoms with E-state index in [1.54, 1.807) is 32.0 Å². The van der Waals surface area contributed by atoms with E-state index in [9.17, 15) is 19.8 Å². The maximum atomic E-state index is 11.9.